The van der Waals surface area contributed by atoms with Crippen molar-refractivity contribution < 1.29 is 23.8 Å². The number of methoxy groups -OCH3 is 3. The summed E-state index contributed by atoms with van der Waals surface area (Å²) in [6.45, 7) is 3.49. The number of nitrogens with zero attached hydrogens (tertiary/aromatic N) is 2. The van der Waals surface area contributed by atoms with Crippen molar-refractivity contribution in [1.29, 1.82) is 0 Å². The summed E-state index contributed by atoms with van der Waals surface area (Å²) in [7, 11) is 4.51. The quantitative estimate of drug-likeness (QED) is 0.632. The van der Waals surface area contributed by atoms with E-state index in [1.54, 1.807) is 19.1 Å². The molecule has 0 radical (unpaired) electrons. The molecule has 130 valence electrons. The van der Waals surface area contributed by atoms with E-state index in [0.717, 1.165) is 5.01 Å². The molecule has 1 fully saturated rings. The molecule has 1 N–H and O–H groups in total. The SMILES string of the molecule is CCC1(C)NC(=O)N(/N=C/c2cc(OC)c(OC)c(OC)c2)C1=O. The second-order valence-electron chi connectivity index (χ2n) is 5.44. The maximum atomic E-state index is 12.3. The van der Waals surface area contributed by atoms with Gasteiger partial charge >= 0.3 is 6.03 Å². The molecule has 1 saturated heterocycles. The highest BCUT2D eigenvalue weighted by atomic mass is 16.5. The van der Waals surface area contributed by atoms with Crippen LogP contribution in [0.15, 0.2) is 17.2 Å². The van der Waals surface area contributed by atoms with Crippen LogP contribution in [0.2, 0.25) is 0 Å². The summed E-state index contributed by atoms with van der Waals surface area (Å²) in [6.07, 6.45) is 1.87. The highest BCUT2D eigenvalue weighted by Gasteiger charge is 2.46. The Morgan fingerprint density at radius 1 is 1.17 bits per heavy atom. The Morgan fingerprint density at radius 3 is 2.17 bits per heavy atom. The lowest BCUT2D eigenvalue weighted by Gasteiger charge is -2.17. The molecule has 8 heteroatoms. The van der Waals surface area contributed by atoms with Crippen LogP contribution in [0.4, 0.5) is 4.79 Å². The summed E-state index contributed by atoms with van der Waals surface area (Å²) in [6, 6.07) is 2.79. The van der Waals surface area contributed by atoms with Crippen LogP contribution in [0.1, 0.15) is 25.8 Å². The number of carbonyl (C=O) groups excluding carboxylic acids is 2. The van der Waals surface area contributed by atoms with Crippen molar-refractivity contribution in [3.8, 4) is 17.2 Å². The summed E-state index contributed by atoms with van der Waals surface area (Å²) in [5.41, 5.74) is -0.334. The lowest BCUT2D eigenvalue weighted by molar-refractivity contribution is -0.130. The Bertz CT molecular complexity index is 663. The number of imide groups is 1. The first-order valence-corrected chi connectivity index (χ1v) is 7.40. The zero-order valence-corrected chi connectivity index (χ0v) is 14.4. The van der Waals surface area contributed by atoms with Gasteiger partial charge in [0.2, 0.25) is 5.75 Å². The number of carbonyl (C=O) groups is 2. The number of hydrogen-bond donors (Lipinski definition) is 1. The zero-order chi connectivity index (χ0) is 17.9. The molecule has 0 saturated carbocycles. The third-order valence-electron chi connectivity index (χ3n) is 3.96. The molecule has 1 aromatic carbocycles. The van der Waals surface area contributed by atoms with E-state index in [-0.39, 0.29) is 0 Å². The van der Waals surface area contributed by atoms with E-state index in [0.29, 0.717) is 29.2 Å². The highest BCUT2D eigenvalue weighted by molar-refractivity contribution is 6.07. The van der Waals surface area contributed by atoms with Crippen LogP contribution in [0, 0.1) is 0 Å². The smallest absolute Gasteiger partial charge is 0.346 e. The van der Waals surface area contributed by atoms with Crippen LogP contribution >= 0.6 is 0 Å². The molecule has 1 heterocycles. The number of urea groups is 1. The van der Waals surface area contributed by atoms with Gasteiger partial charge in [-0.2, -0.15) is 5.10 Å². The standard InChI is InChI=1S/C16H21N3O5/c1-6-16(2)14(20)19(15(21)18-16)17-9-10-7-11(22-3)13(24-5)12(8-10)23-4/h7-9H,6H2,1-5H3,(H,18,21)/b17-9+. The predicted molar refractivity (Wildman–Crippen MR) is 87.8 cm³/mol. The van der Waals surface area contributed by atoms with Crippen LogP contribution in [0.5, 0.6) is 17.2 Å². The van der Waals surface area contributed by atoms with Crippen molar-refractivity contribution in [2.75, 3.05) is 21.3 Å². The molecular weight excluding hydrogens is 314 g/mol. The Kier molecular flexibility index (Phi) is 4.96. The van der Waals surface area contributed by atoms with Crippen molar-refractivity contribution in [3.05, 3.63) is 17.7 Å². The highest BCUT2D eigenvalue weighted by Crippen LogP contribution is 2.37. The fourth-order valence-corrected chi connectivity index (χ4v) is 2.31. The van der Waals surface area contributed by atoms with Crippen molar-refractivity contribution in [2.45, 2.75) is 25.8 Å². The van der Waals surface area contributed by atoms with Crippen LogP contribution in [-0.2, 0) is 4.79 Å². The van der Waals surface area contributed by atoms with Gasteiger partial charge in [-0.3, -0.25) is 4.79 Å². The van der Waals surface area contributed by atoms with Gasteiger partial charge in [-0.25, -0.2) is 4.79 Å². The number of hydrogen-bond acceptors (Lipinski definition) is 6. The van der Waals surface area contributed by atoms with E-state index in [1.165, 1.54) is 27.5 Å². The first-order valence-electron chi connectivity index (χ1n) is 7.40. The molecule has 0 spiro atoms. The molecule has 1 aliphatic heterocycles. The third-order valence-corrected chi connectivity index (χ3v) is 3.96. The molecule has 8 nitrogen and oxygen atoms in total. The Balaban J connectivity index is 2.33. The summed E-state index contributed by atoms with van der Waals surface area (Å²) < 4.78 is 15.8. The average molecular weight is 335 g/mol. The average Bonchev–Trinajstić information content (AvgIpc) is 2.81. The van der Waals surface area contributed by atoms with Gasteiger partial charge in [-0.05, 0) is 25.5 Å². The molecule has 1 atom stereocenters. The van der Waals surface area contributed by atoms with Gasteiger partial charge in [0.1, 0.15) is 5.54 Å². The fraction of sp³-hybridized carbons (Fsp3) is 0.438. The maximum Gasteiger partial charge on any atom is 0.346 e. The molecule has 3 amide bonds. The first-order chi connectivity index (χ1) is 11.4. The lowest BCUT2D eigenvalue weighted by atomic mass is 10.00. The first kappa shape index (κ1) is 17.6. The molecule has 0 bridgehead atoms. The number of ether oxygens (including phenoxy) is 3. The van der Waals surface area contributed by atoms with Gasteiger partial charge in [0.25, 0.3) is 5.91 Å². The van der Waals surface area contributed by atoms with E-state index in [2.05, 4.69) is 10.4 Å². The largest absolute Gasteiger partial charge is 0.493 e. The van der Waals surface area contributed by atoms with E-state index in [4.69, 9.17) is 14.2 Å². The second kappa shape index (κ2) is 6.77. The van der Waals surface area contributed by atoms with Gasteiger partial charge in [0.15, 0.2) is 11.5 Å². The second-order valence-corrected chi connectivity index (χ2v) is 5.44. The topological polar surface area (TPSA) is 89.5 Å². The monoisotopic (exact) mass is 335 g/mol. The predicted octanol–water partition coefficient (Wildman–Crippen LogP) is 1.77. The molecule has 0 aliphatic carbocycles. The number of benzene rings is 1. The van der Waals surface area contributed by atoms with Crippen molar-refractivity contribution in [2.24, 2.45) is 5.10 Å². The van der Waals surface area contributed by atoms with E-state index in [1.807, 2.05) is 6.92 Å². The Labute approximate surface area is 140 Å². The zero-order valence-electron chi connectivity index (χ0n) is 14.4. The van der Waals surface area contributed by atoms with Gasteiger partial charge in [0.05, 0.1) is 27.5 Å². The van der Waals surface area contributed by atoms with Crippen molar-refractivity contribution in [1.82, 2.24) is 10.3 Å². The molecule has 1 unspecified atom stereocenters. The van der Waals surface area contributed by atoms with Crippen molar-refractivity contribution in [3.63, 3.8) is 0 Å². The van der Waals surface area contributed by atoms with Crippen LogP contribution in [-0.4, -0.2) is 50.0 Å². The normalized spacial score (nSPS) is 20.5. The van der Waals surface area contributed by atoms with Crippen molar-refractivity contribution >= 4 is 18.2 Å². The minimum atomic E-state index is -0.927. The van der Waals surface area contributed by atoms with Crippen LogP contribution in [0.25, 0.3) is 0 Å². The third kappa shape index (κ3) is 2.99. The van der Waals surface area contributed by atoms with Gasteiger partial charge in [0, 0.05) is 5.56 Å². The maximum absolute atomic E-state index is 12.3. The Morgan fingerprint density at radius 2 is 1.75 bits per heavy atom. The molecule has 1 aliphatic rings. The summed E-state index contributed by atoms with van der Waals surface area (Å²) in [5.74, 6) is 0.965. The minimum Gasteiger partial charge on any atom is -0.493 e. The van der Waals surface area contributed by atoms with E-state index in [9.17, 15) is 9.59 Å². The van der Waals surface area contributed by atoms with Crippen LogP contribution in [0.3, 0.4) is 0 Å². The number of nitrogens with one attached hydrogen (secondary N) is 1. The molecule has 0 aromatic heterocycles. The summed E-state index contributed by atoms with van der Waals surface area (Å²) >= 11 is 0. The van der Waals surface area contributed by atoms with Gasteiger partial charge < -0.3 is 19.5 Å². The molecule has 2 rings (SSSR count). The number of amides is 3. The fourth-order valence-electron chi connectivity index (χ4n) is 2.31. The summed E-state index contributed by atoms with van der Waals surface area (Å²) in [4.78, 5) is 24.2. The van der Waals surface area contributed by atoms with Gasteiger partial charge in [-0.1, -0.05) is 6.92 Å². The number of rotatable bonds is 6. The van der Waals surface area contributed by atoms with Gasteiger partial charge in [-0.15, -0.1) is 5.01 Å². The minimum absolute atomic E-state index is 0.390. The molecular formula is C16H21N3O5. The van der Waals surface area contributed by atoms with E-state index >= 15 is 0 Å². The Hall–Kier alpha value is -2.77. The summed E-state index contributed by atoms with van der Waals surface area (Å²) in [5, 5.41) is 7.46. The number of hydrazone groups is 1. The van der Waals surface area contributed by atoms with E-state index < -0.39 is 17.5 Å². The lowest BCUT2D eigenvalue weighted by Crippen LogP contribution is -2.42. The molecule has 24 heavy (non-hydrogen) atoms. The molecule has 1 aromatic rings. The van der Waals surface area contributed by atoms with Crippen LogP contribution < -0.4 is 19.5 Å².